The number of imidazole rings is 1. The summed E-state index contributed by atoms with van der Waals surface area (Å²) < 4.78 is 30.5. The quantitative estimate of drug-likeness (QED) is 0.853. The van der Waals surface area contributed by atoms with Gasteiger partial charge >= 0.3 is 0 Å². The number of halogens is 1. The summed E-state index contributed by atoms with van der Waals surface area (Å²) in [5.41, 5.74) is 6.13. The number of fused-ring (bicyclic) bond motifs is 3. The molecule has 2 saturated carbocycles. The predicted molar refractivity (Wildman–Crippen MR) is 89.9 cm³/mol. The Hall–Kier alpha value is -0.630. The molecule has 2 bridgehead atoms. The lowest BCUT2D eigenvalue weighted by Crippen LogP contribution is -2.53. The summed E-state index contributed by atoms with van der Waals surface area (Å²) in [7, 11) is -3.49. The van der Waals surface area contributed by atoms with E-state index in [-0.39, 0.29) is 24.5 Å². The van der Waals surface area contributed by atoms with Crippen molar-refractivity contribution in [3.8, 4) is 0 Å². The molecular formula is C15H25ClN4O2S. The van der Waals surface area contributed by atoms with Crippen LogP contribution in [0.1, 0.15) is 44.3 Å². The zero-order valence-electron chi connectivity index (χ0n) is 13.1. The first-order valence-electron chi connectivity index (χ1n) is 8.37. The summed E-state index contributed by atoms with van der Waals surface area (Å²) in [5, 5.41) is 0.341. The zero-order valence-corrected chi connectivity index (χ0v) is 14.8. The lowest BCUT2D eigenvalue weighted by Gasteiger charge is -2.44. The monoisotopic (exact) mass is 360 g/mol. The molecule has 0 saturated heterocycles. The Labute approximate surface area is 143 Å². The van der Waals surface area contributed by atoms with E-state index in [4.69, 9.17) is 5.73 Å². The maximum atomic E-state index is 12.8. The number of nitrogens with zero attached hydrogens (tertiary/aromatic N) is 2. The van der Waals surface area contributed by atoms with E-state index in [2.05, 4.69) is 9.71 Å². The minimum absolute atomic E-state index is 0. The van der Waals surface area contributed by atoms with Gasteiger partial charge in [-0.15, -0.1) is 12.4 Å². The van der Waals surface area contributed by atoms with Gasteiger partial charge in [-0.1, -0.05) is 6.42 Å². The summed E-state index contributed by atoms with van der Waals surface area (Å²) in [4.78, 5) is 4.26. The summed E-state index contributed by atoms with van der Waals surface area (Å²) >= 11 is 0. The van der Waals surface area contributed by atoms with Crippen LogP contribution in [0.4, 0.5) is 0 Å². The van der Waals surface area contributed by atoms with Crippen molar-refractivity contribution in [1.29, 1.82) is 0 Å². The second kappa shape index (κ2) is 6.35. The first-order valence-corrected chi connectivity index (χ1v) is 9.85. The van der Waals surface area contributed by atoms with Gasteiger partial charge in [0.2, 0.25) is 0 Å². The number of sulfonamides is 1. The topological polar surface area (TPSA) is 90.0 Å². The van der Waals surface area contributed by atoms with Crippen LogP contribution in [0.3, 0.4) is 0 Å². The van der Waals surface area contributed by atoms with Gasteiger partial charge in [-0.2, -0.15) is 0 Å². The molecule has 0 aromatic carbocycles. The van der Waals surface area contributed by atoms with Gasteiger partial charge < -0.3 is 10.3 Å². The average molecular weight is 361 g/mol. The lowest BCUT2D eigenvalue weighted by molar-refractivity contribution is 0.125. The van der Waals surface area contributed by atoms with E-state index in [1.807, 2.05) is 4.57 Å². The number of hydrogen-bond acceptors (Lipinski definition) is 4. The first-order chi connectivity index (χ1) is 10.5. The van der Waals surface area contributed by atoms with Gasteiger partial charge in [0.25, 0.3) is 10.0 Å². The molecule has 4 rings (SSSR count). The van der Waals surface area contributed by atoms with E-state index in [1.165, 1.54) is 12.6 Å². The van der Waals surface area contributed by atoms with Crippen LogP contribution in [0.25, 0.3) is 0 Å². The largest absolute Gasteiger partial charge is 0.328 e. The summed E-state index contributed by atoms with van der Waals surface area (Å²) in [5.74, 6) is 1.67. The average Bonchev–Trinajstić information content (AvgIpc) is 3.01. The van der Waals surface area contributed by atoms with Crippen LogP contribution < -0.4 is 10.5 Å². The van der Waals surface area contributed by atoms with E-state index in [9.17, 15) is 8.42 Å². The zero-order chi connectivity index (χ0) is 15.3. The molecule has 23 heavy (non-hydrogen) atoms. The number of rotatable bonds is 3. The van der Waals surface area contributed by atoms with Gasteiger partial charge in [-0.3, -0.25) is 0 Å². The third kappa shape index (κ3) is 3.04. The fourth-order valence-corrected chi connectivity index (χ4v) is 6.21. The van der Waals surface area contributed by atoms with Crippen LogP contribution in [0, 0.1) is 11.8 Å². The maximum Gasteiger partial charge on any atom is 0.258 e. The van der Waals surface area contributed by atoms with Crippen LogP contribution >= 0.6 is 12.4 Å². The van der Waals surface area contributed by atoms with Crippen molar-refractivity contribution in [2.75, 3.05) is 0 Å². The first kappa shape index (κ1) is 17.2. The molecule has 2 heterocycles. The standard InChI is InChI=1S/C15H24N4O2S.ClH/c16-12-7-10-3-1-4-11(8-12)15(10)18-22(20,21)14-9-17-13-5-2-6-19(13)14;/h9-12,15,18H,1-8,16H2;1H. The molecule has 3 aliphatic rings. The summed E-state index contributed by atoms with van der Waals surface area (Å²) in [6, 6.07) is 0.279. The van der Waals surface area contributed by atoms with E-state index < -0.39 is 10.0 Å². The van der Waals surface area contributed by atoms with Crippen molar-refractivity contribution in [3.63, 3.8) is 0 Å². The van der Waals surface area contributed by atoms with E-state index in [0.29, 0.717) is 16.9 Å². The summed E-state index contributed by atoms with van der Waals surface area (Å²) in [6.07, 6.45) is 8.62. The van der Waals surface area contributed by atoms with Crippen molar-refractivity contribution in [3.05, 3.63) is 12.0 Å². The highest BCUT2D eigenvalue weighted by molar-refractivity contribution is 7.89. The van der Waals surface area contributed by atoms with Gasteiger partial charge in [-0.05, 0) is 43.9 Å². The molecule has 8 heteroatoms. The third-order valence-electron chi connectivity index (χ3n) is 5.63. The Morgan fingerprint density at radius 1 is 1.22 bits per heavy atom. The van der Waals surface area contributed by atoms with E-state index in [1.54, 1.807) is 0 Å². The summed E-state index contributed by atoms with van der Waals surface area (Å²) in [6.45, 7) is 0.758. The fraction of sp³-hybridized carbons (Fsp3) is 0.800. The Morgan fingerprint density at radius 3 is 2.61 bits per heavy atom. The molecule has 2 aliphatic carbocycles. The van der Waals surface area contributed by atoms with Crippen molar-refractivity contribution >= 4 is 22.4 Å². The smallest absolute Gasteiger partial charge is 0.258 e. The van der Waals surface area contributed by atoms with Crippen molar-refractivity contribution in [1.82, 2.24) is 14.3 Å². The Bertz CT molecular complexity index is 661. The van der Waals surface area contributed by atoms with Gasteiger partial charge in [0.1, 0.15) is 5.82 Å². The highest BCUT2D eigenvalue weighted by Crippen LogP contribution is 2.40. The number of aromatic nitrogens is 2. The Morgan fingerprint density at radius 2 is 1.91 bits per heavy atom. The van der Waals surface area contributed by atoms with Crippen LogP contribution in [0.5, 0.6) is 0 Å². The molecule has 6 nitrogen and oxygen atoms in total. The molecule has 0 radical (unpaired) electrons. The van der Waals surface area contributed by atoms with Crippen LogP contribution in [0.2, 0.25) is 0 Å². The minimum atomic E-state index is -3.49. The number of hydrogen-bond donors (Lipinski definition) is 2. The molecule has 1 aromatic heterocycles. The lowest BCUT2D eigenvalue weighted by atomic mass is 9.67. The molecule has 2 fully saturated rings. The van der Waals surface area contributed by atoms with E-state index in [0.717, 1.165) is 50.9 Å². The highest BCUT2D eigenvalue weighted by atomic mass is 35.5. The number of aryl methyl sites for hydroxylation is 1. The number of nitrogens with one attached hydrogen (secondary N) is 1. The van der Waals surface area contributed by atoms with Gasteiger partial charge in [0.15, 0.2) is 5.03 Å². The minimum Gasteiger partial charge on any atom is -0.328 e. The van der Waals surface area contributed by atoms with Crippen LogP contribution in [-0.4, -0.2) is 30.1 Å². The predicted octanol–water partition coefficient (Wildman–Crippen LogP) is 1.44. The van der Waals surface area contributed by atoms with Crippen molar-refractivity contribution in [2.45, 2.75) is 68.6 Å². The molecule has 3 N–H and O–H groups in total. The van der Waals surface area contributed by atoms with Gasteiger partial charge in [0.05, 0.1) is 6.20 Å². The fourth-order valence-electron chi connectivity index (χ4n) is 4.67. The molecular weight excluding hydrogens is 336 g/mol. The molecule has 1 aliphatic heterocycles. The maximum absolute atomic E-state index is 12.8. The molecule has 130 valence electrons. The SMILES string of the molecule is Cl.NC1CC2CCCC(C1)C2NS(=O)(=O)c1cnc2n1CCC2. The van der Waals surface area contributed by atoms with Crippen LogP contribution in [0.15, 0.2) is 11.2 Å². The second-order valence-electron chi connectivity index (χ2n) is 7.10. The van der Waals surface area contributed by atoms with Gasteiger partial charge in [-0.25, -0.2) is 18.1 Å². The molecule has 2 unspecified atom stereocenters. The second-order valence-corrected chi connectivity index (χ2v) is 8.76. The normalized spacial score (nSPS) is 33.1. The molecule has 0 amide bonds. The Balaban J connectivity index is 0.00000156. The number of nitrogens with two attached hydrogens (primary N) is 1. The van der Waals surface area contributed by atoms with E-state index >= 15 is 0 Å². The molecule has 2 atom stereocenters. The molecule has 1 aromatic rings. The van der Waals surface area contributed by atoms with Gasteiger partial charge in [0, 0.05) is 25.0 Å². The third-order valence-corrected chi connectivity index (χ3v) is 7.09. The Kier molecular flexibility index (Phi) is 4.75. The van der Waals surface area contributed by atoms with Crippen LogP contribution in [-0.2, 0) is 23.0 Å². The molecule has 0 spiro atoms. The highest BCUT2D eigenvalue weighted by Gasteiger charge is 2.41. The van der Waals surface area contributed by atoms with Crippen molar-refractivity contribution in [2.24, 2.45) is 17.6 Å². The van der Waals surface area contributed by atoms with Crippen molar-refractivity contribution < 1.29 is 8.42 Å².